The van der Waals surface area contributed by atoms with E-state index in [1.54, 1.807) is 20.4 Å². The van der Waals surface area contributed by atoms with Crippen LogP contribution in [0.2, 0.25) is 0 Å². The number of anilines is 2. The summed E-state index contributed by atoms with van der Waals surface area (Å²) < 4.78 is 16.3. The van der Waals surface area contributed by atoms with Gasteiger partial charge in [-0.1, -0.05) is 13.3 Å². The summed E-state index contributed by atoms with van der Waals surface area (Å²) in [5.41, 5.74) is 3.30. The van der Waals surface area contributed by atoms with Crippen LogP contribution in [0.1, 0.15) is 35.7 Å². The second-order valence-corrected chi connectivity index (χ2v) is 7.34. The molecule has 3 aromatic rings. The van der Waals surface area contributed by atoms with Crippen molar-refractivity contribution in [3.8, 4) is 11.5 Å². The minimum absolute atomic E-state index is 0.0253. The van der Waals surface area contributed by atoms with Crippen molar-refractivity contribution in [3.05, 3.63) is 47.7 Å². The monoisotopic (exact) mass is 422 g/mol. The molecule has 0 saturated heterocycles. The molecule has 1 atom stereocenters. The average molecular weight is 422 g/mol. The van der Waals surface area contributed by atoms with Crippen molar-refractivity contribution in [1.29, 1.82) is 0 Å². The Balaban J connectivity index is 1.74. The van der Waals surface area contributed by atoms with E-state index in [9.17, 15) is 4.79 Å². The van der Waals surface area contributed by atoms with E-state index in [4.69, 9.17) is 14.2 Å². The number of pyridine rings is 2. The first-order valence-corrected chi connectivity index (χ1v) is 10.3. The van der Waals surface area contributed by atoms with Crippen LogP contribution in [0.15, 0.2) is 36.5 Å². The van der Waals surface area contributed by atoms with Gasteiger partial charge in [0.2, 0.25) is 0 Å². The Bertz CT molecular complexity index is 1100. The molecule has 0 unspecified atom stereocenters. The number of benzene rings is 1. The lowest BCUT2D eigenvalue weighted by atomic mass is 10.1. The number of nitrogens with one attached hydrogen (secondary N) is 2. The van der Waals surface area contributed by atoms with E-state index in [-0.39, 0.29) is 6.04 Å². The SMILES string of the molecule is CCC[C@@H]1COC(=O)c2c(NCc3ccc(OC)cc3OC)nc3cccnc3c2N1. The van der Waals surface area contributed by atoms with Crippen molar-refractivity contribution in [2.24, 2.45) is 0 Å². The van der Waals surface area contributed by atoms with Gasteiger partial charge in [0.1, 0.15) is 35.0 Å². The summed E-state index contributed by atoms with van der Waals surface area (Å²) in [4.78, 5) is 22.1. The third-order valence-corrected chi connectivity index (χ3v) is 5.29. The van der Waals surface area contributed by atoms with Crippen LogP contribution in [0.3, 0.4) is 0 Å². The van der Waals surface area contributed by atoms with Crippen molar-refractivity contribution >= 4 is 28.5 Å². The molecule has 0 radical (unpaired) electrons. The molecule has 8 nitrogen and oxygen atoms in total. The van der Waals surface area contributed by atoms with Gasteiger partial charge in [0.25, 0.3) is 0 Å². The second kappa shape index (κ2) is 9.07. The lowest BCUT2D eigenvalue weighted by Gasteiger charge is -2.18. The first-order valence-electron chi connectivity index (χ1n) is 10.3. The minimum atomic E-state index is -0.412. The van der Waals surface area contributed by atoms with Crippen molar-refractivity contribution in [2.45, 2.75) is 32.4 Å². The van der Waals surface area contributed by atoms with Crippen LogP contribution in [-0.2, 0) is 11.3 Å². The van der Waals surface area contributed by atoms with E-state index in [1.165, 1.54) is 0 Å². The van der Waals surface area contributed by atoms with Crippen LogP contribution < -0.4 is 20.1 Å². The summed E-state index contributed by atoms with van der Waals surface area (Å²) in [6.07, 6.45) is 3.56. The molecule has 8 heteroatoms. The van der Waals surface area contributed by atoms with Gasteiger partial charge < -0.3 is 24.8 Å². The van der Waals surface area contributed by atoms with Crippen LogP contribution in [0.5, 0.6) is 11.5 Å². The standard InChI is InChI=1S/C23H26N4O4/c1-4-6-15-13-31-23(28)19-21(26-15)20-17(7-5-10-24-20)27-22(19)25-12-14-8-9-16(29-2)11-18(14)30-3/h5,7-11,15,26H,4,6,12-13H2,1-3H3,(H,25,27)/t15-/m1/s1. The van der Waals surface area contributed by atoms with Crippen molar-refractivity contribution in [1.82, 2.24) is 9.97 Å². The molecule has 0 saturated carbocycles. The van der Waals surface area contributed by atoms with Gasteiger partial charge in [-0.05, 0) is 30.7 Å². The van der Waals surface area contributed by atoms with E-state index in [1.807, 2.05) is 30.3 Å². The van der Waals surface area contributed by atoms with Gasteiger partial charge >= 0.3 is 5.97 Å². The summed E-state index contributed by atoms with van der Waals surface area (Å²) in [5.74, 6) is 1.43. The molecule has 2 aromatic heterocycles. The third-order valence-electron chi connectivity index (χ3n) is 5.29. The van der Waals surface area contributed by atoms with Gasteiger partial charge in [-0.3, -0.25) is 4.98 Å². The summed E-state index contributed by atoms with van der Waals surface area (Å²) >= 11 is 0. The van der Waals surface area contributed by atoms with E-state index < -0.39 is 5.97 Å². The minimum Gasteiger partial charge on any atom is -0.497 e. The fraction of sp³-hybridized carbons (Fsp3) is 0.348. The zero-order chi connectivity index (χ0) is 21.8. The van der Waals surface area contributed by atoms with Gasteiger partial charge in [-0.25, -0.2) is 9.78 Å². The van der Waals surface area contributed by atoms with Crippen LogP contribution in [-0.4, -0.2) is 42.8 Å². The number of ether oxygens (including phenoxy) is 3. The average Bonchev–Trinajstić information content (AvgIpc) is 2.97. The van der Waals surface area contributed by atoms with Crippen molar-refractivity contribution < 1.29 is 19.0 Å². The number of esters is 1. The Morgan fingerprint density at radius 1 is 1.26 bits per heavy atom. The molecule has 1 aromatic carbocycles. The number of methoxy groups -OCH3 is 2. The number of cyclic esters (lactones) is 1. The van der Waals surface area contributed by atoms with E-state index in [0.29, 0.717) is 52.8 Å². The molecule has 1 aliphatic heterocycles. The maximum Gasteiger partial charge on any atom is 0.344 e. The lowest BCUT2D eigenvalue weighted by Crippen LogP contribution is -2.23. The number of hydrogen-bond acceptors (Lipinski definition) is 8. The third kappa shape index (κ3) is 4.19. The largest absolute Gasteiger partial charge is 0.497 e. The molecule has 0 spiro atoms. The first-order chi connectivity index (χ1) is 15.1. The lowest BCUT2D eigenvalue weighted by molar-refractivity contribution is 0.0498. The molecule has 162 valence electrons. The van der Waals surface area contributed by atoms with Gasteiger partial charge in [-0.2, -0.15) is 0 Å². The molecule has 2 N–H and O–H groups in total. The zero-order valence-electron chi connectivity index (χ0n) is 17.9. The predicted octanol–water partition coefficient (Wildman–Crippen LogP) is 4.01. The number of rotatable bonds is 7. The molecular weight excluding hydrogens is 396 g/mol. The van der Waals surface area contributed by atoms with Crippen LogP contribution in [0.25, 0.3) is 11.0 Å². The molecule has 4 rings (SSSR count). The molecule has 0 bridgehead atoms. The predicted molar refractivity (Wildman–Crippen MR) is 119 cm³/mol. The fourth-order valence-electron chi connectivity index (χ4n) is 3.74. The maximum atomic E-state index is 12.9. The topological polar surface area (TPSA) is 94.6 Å². The van der Waals surface area contributed by atoms with Gasteiger partial charge in [0.05, 0.1) is 31.5 Å². The van der Waals surface area contributed by atoms with Crippen molar-refractivity contribution in [2.75, 3.05) is 31.5 Å². The highest BCUT2D eigenvalue weighted by molar-refractivity contribution is 6.08. The smallest absolute Gasteiger partial charge is 0.344 e. The van der Waals surface area contributed by atoms with Crippen molar-refractivity contribution in [3.63, 3.8) is 0 Å². The summed E-state index contributed by atoms with van der Waals surface area (Å²) in [6, 6.07) is 9.34. The highest BCUT2D eigenvalue weighted by atomic mass is 16.5. The zero-order valence-corrected chi connectivity index (χ0v) is 17.9. The Morgan fingerprint density at radius 2 is 2.13 bits per heavy atom. The number of aromatic nitrogens is 2. The van der Waals surface area contributed by atoms with E-state index in [0.717, 1.165) is 18.4 Å². The highest BCUT2D eigenvalue weighted by Gasteiger charge is 2.29. The van der Waals surface area contributed by atoms with Gasteiger partial charge in [0, 0.05) is 24.4 Å². The van der Waals surface area contributed by atoms with E-state index in [2.05, 4.69) is 27.5 Å². The second-order valence-electron chi connectivity index (χ2n) is 7.34. The normalized spacial score (nSPS) is 15.5. The fourth-order valence-corrected chi connectivity index (χ4v) is 3.74. The van der Waals surface area contributed by atoms with Crippen LogP contribution in [0, 0.1) is 0 Å². The molecule has 1 aliphatic rings. The summed E-state index contributed by atoms with van der Waals surface area (Å²) in [6.45, 7) is 2.82. The first kappa shape index (κ1) is 20.7. The number of carbonyl (C=O) groups is 1. The number of carbonyl (C=O) groups excluding carboxylic acids is 1. The molecule has 0 amide bonds. The molecule has 0 aliphatic carbocycles. The van der Waals surface area contributed by atoms with E-state index >= 15 is 0 Å². The summed E-state index contributed by atoms with van der Waals surface area (Å²) in [5, 5.41) is 6.78. The Labute approximate surface area is 180 Å². The Hall–Kier alpha value is -3.55. The van der Waals surface area contributed by atoms with Crippen LogP contribution >= 0.6 is 0 Å². The van der Waals surface area contributed by atoms with Crippen LogP contribution in [0.4, 0.5) is 11.5 Å². The maximum absolute atomic E-state index is 12.9. The Kier molecular flexibility index (Phi) is 6.06. The van der Waals surface area contributed by atoms with Gasteiger partial charge in [0.15, 0.2) is 0 Å². The number of hydrogen-bond donors (Lipinski definition) is 2. The molecular formula is C23H26N4O4. The summed E-state index contributed by atoms with van der Waals surface area (Å²) in [7, 11) is 3.22. The molecule has 3 heterocycles. The number of nitrogens with zero attached hydrogens (tertiary/aromatic N) is 2. The number of fused-ring (bicyclic) bond motifs is 3. The Morgan fingerprint density at radius 3 is 2.90 bits per heavy atom. The highest BCUT2D eigenvalue weighted by Crippen LogP contribution is 2.34. The quantitative estimate of drug-likeness (QED) is 0.552. The molecule has 0 fully saturated rings. The molecule has 31 heavy (non-hydrogen) atoms. The van der Waals surface area contributed by atoms with Gasteiger partial charge in [-0.15, -0.1) is 0 Å².